The third-order valence-electron chi connectivity index (χ3n) is 2.35. The molecule has 0 spiro atoms. The van der Waals surface area contributed by atoms with Crippen LogP contribution in [-0.2, 0) is 0 Å². The molecule has 18 heavy (non-hydrogen) atoms. The molecule has 1 amide bonds. The Morgan fingerprint density at radius 1 is 1.44 bits per heavy atom. The number of aliphatic hydroxyl groups excluding tert-OH is 1. The summed E-state index contributed by atoms with van der Waals surface area (Å²) in [4.78, 5) is 13.0. The van der Waals surface area contributed by atoms with Crippen LogP contribution in [0.3, 0.4) is 0 Å². The third-order valence-corrected chi connectivity index (χ3v) is 2.35. The summed E-state index contributed by atoms with van der Waals surface area (Å²) < 4.78 is 24.7. The van der Waals surface area contributed by atoms with Crippen LogP contribution in [0.5, 0.6) is 0 Å². The van der Waals surface area contributed by atoms with Crippen LogP contribution < -0.4 is 0 Å². The first-order valence-corrected chi connectivity index (χ1v) is 5.45. The topological polar surface area (TPSA) is 66.3 Å². The van der Waals surface area contributed by atoms with Crippen molar-refractivity contribution in [2.75, 3.05) is 19.7 Å². The van der Waals surface area contributed by atoms with E-state index in [2.05, 4.69) is 10.2 Å². The zero-order valence-corrected chi connectivity index (χ0v) is 10.2. The summed E-state index contributed by atoms with van der Waals surface area (Å²) in [6, 6.07) is 1.50. The van der Waals surface area contributed by atoms with E-state index in [1.54, 1.807) is 13.8 Å². The van der Waals surface area contributed by atoms with Gasteiger partial charge >= 0.3 is 0 Å². The Hall–Kier alpha value is -1.63. The van der Waals surface area contributed by atoms with E-state index in [0.717, 1.165) is 4.90 Å². The first kappa shape index (κ1) is 14.4. The van der Waals surface area contributed by atoms with Crippen LogP contribution >= 0.6 is 0 Å². The van der Waals surface area contributed by atoms with Crippen LogP contribution in [0, 0.1) is 13.8 Å². The summed E-state index contributed by atoms with van der Waals surface area (Å²) in [6.07, 6.45) is -2.64. The highest BCUT2D eigenvalue weighted by atomic mass is 19.3. The Morgan fingerprint density at radius 2 is 2.11 bits per heavy atom. The van der Waals surface area contributed by atoms with Gasteiger partial charge in [-0.3, -0.25) is 4.79 Å². The van der Waals surface area contributed by atoms with Gasteiger partial charge in [0.15, 0.2) is 0 Å². The average molecular weight is 259 g/mol. The maximum Gasteiger partial charge on any atom is 0.256 e. The molecule has 1 aromatic heterocycles. The Kier molecular flexibility index (Phi) is 5.08. The van der Waals surface area contributed by atoms with Crippen molar-refractivity contribution in [2.24, 2.45) is 0 Å². The van der Waals surface area contributed by atoms with Gasteiger partial charge in [-0.05, 0) is 19.9 Å². The van der Waals surface area contributed by atoms with E-state index in [-0.39, 0.29) is 18.7 Å². The lowest BCUT2D eigenvalue weighted by atomic mass is 10.1. The van der Waals surface area contributed by atoms with Crippen LogP contribution in [0.2, 0.25) is 0 Å². The predicted molar refractivity (Wildman–Crippen MR) is 60.5 cm³/mol. The maximum atomic E-state index is 12.4. The van der Waals surface area contributed by atoms with E-state index in [1.807, 2.05) is 0 Å². The first-order valence-electron chi connectivity index (χ1n) is 5.45. The van der Waals surface area contributed by atoms with E-state index >= 15 is 0 Å². The third kappa shape index (κ3) is 3.69. The molecule has 0 aliphatic carbocycles. The smallest absolute Gasteiger partial charge is 0.256 e. The second-order valence-electron chi connectivity index (χ2n) is 3.85. The van der Waals surface area contributed by atoms with Crippen molar-refractivity contribution in [1.82, 2.24) is 15.1 Å². The van der Waals surface area contributed by atoms with Gasteiger partial charge in [-0.2, -0.15) is 10.2 Å². The molecule has 1 heterocycles. The monoisotopic (exact) mass is 259 g/mol. The molecule has 0 aliphatic heterocycles. The molecule has 0 unspecified atom stereocenters. The van der Waals surface area contributed by atoms with Gasteiger partial charge < -0.3 is 10.0 Å². The van der Waals surface area contributed by atoms with E-state index in [1.165, 1.54) is 6.07 Å². The minimum absolute atomic E-state index is 0.135. The summed E-state index contributed by atoms with van der Waals surface area (Å²) in [7, 11) is 0. The van der Waals surface area contributed by atoms with Crippen molar-refractivity contribution in [2.45, 2.75) is 20.3 Å². The number of nitrogens with zero attached hydrogens (tertiary/aromatic N) is 3. The van der Waals surface area contributed by atoms with Crippen molar-refractivity contribution in [3.63, 3.8) is 0 Å². The Labute approximate surface area is 103 Å². The molecule has 100 valence electrons. The Bertz CT molecular complexity index is 427. The SMILES string of the molecule is Cc1cc(C(=O)N(CCO)CC(F)F)c(C)nn1. The molecule has 7 heteroatoms. The molecule has 1 aromatic rings. The molecular formula is C11H15F2N3O2. The lowest BCUT2D eigenvalue weighted by molar-refractivity contribution is 0.0508. The largest absolute Gasteiger partial charge is 0.395 e. The van der Waals surface area contributed by atoms with E-state index in [0.29, 0.717) is 11.4 Å². The number of carbonyl (C=O) groups excluding carboxylic acids is 1. The van der Waals surface area contributed by atoms with E-state index in [9.17, 15) is 13.6 Å². The van der Waals surface area contributed by atoms with Crippen molar-refractivity contribution in [1.29, 1.82) is 0 Å². The van der Waals surface area contributed by atoms with Gasteiger partial charge in [-0.15, -0.1) is 0 Å². The molecular weight excluding hydrogens is 244 g/mol. The van der Waals surface area contributed by atoms with Crippen molar-refractivity contribution < 1.29 is 18.7 Å². The van der Waals surface area contributed by atoms with Crippen molar-refractivity contribution in [3.05, 3.63) is 23.0 Å². The molecule has 1 rings (SSSR count). The summed E-state index contributed by atoms with van der Waals surface area (Å²) in [5.41, 5.74) is 1.14. The van der Waals surface area contributed by atoms with E-state index < -0.39 is 18.9 Å². The fourth-order valence-electron chi connectivity index (χ4n) is 1.50. The molecule has 5 nitrogen and oxygen atoms in total. The molecule has 0 bridgehead atoms. The number of hydrogen-bond acceptors (Lipinski definition) is 4. The second kappa shape index (κ2) is 6.34. The standard InChI is InChI=1S/C11H15F2N3O2/c1-7-5-9(8(2)15-14-7)11(18)16(3-4-17)6-10(12)13/h5,10,17H,3-4,6H2,1-2H3. The second-order valence-corrected chi connectivity index (χ2v) is 3.85. The summed E-state index contributed by atoms with van der Waals surface area (Å²) >= 11 is 0. The minimum atomic E-state index is -2.64. The van der Waals surface area contributed by atoms with Crippen molar-refractivity contribution >= 4 is 5.91 Å². The fourth-order valence-corrected chi connectivity index (χ4v) is 1.50. The van der Waals surface area contributed by atoms with Gasteiger partial charge in [0.1, 0.15) is 0 Å². The van der Waals surface area contributed by atoms with Crippen LogP contribution in [0.25, 0.3) is 0 Å². The first-order chi connectivity index (χ1) is 8.45. The van der Waals surface area contributed by atoms with Gasteiger partial charge in [-0.1, -0.05) is 0 Å². The number of aryl methyl sites for hydroxylation is 2. The minimum Gasteiger partial charge on any atom is -0.395 e. The van der Waals surface area contributed by atoms with E-state index in [4.69, 9.17) is 5.11 Å². The summed E-state index contributed by atoms with van der Waals surface area (Å²) in [5, 5.41) is 16.3. The number of aliphatic hydroxyl groups is 1. The highest BCUT2D eigenvalue weighted by Crippen LogP contribution is 2.10. The van der Waals surface area contributed by atoms with Gasteiger partial charge in [-0.25, -0.2) is 8.78 Å². The van der Waals surface area contributed by atoms with Gasteiger partial charge in [0, 0.05) is 6.54 Å². The Morgan fingerprint density at radius 3 is 2.67 bits per heavy atom. The lowest BCUT2D eigenvalue weighted by Crippen LogP contribution is -2.37. The van der Waals surface area contributed by atoms with Gasteiger partial charge in [0.25, 0.3) is 12.3 Å². The fraction of sp³-hybridized carbons (Fsp3) is 0.545. The number of amides is 1. The van der Waals surface area contributed by atoms with Crippen LogP contribution in [-0.4, -0.2) is 52.2 Å². The van der Waals surface area contributed by atoms with Gasteiger partial charge in [0.05, 0.1) is 30.1 Å². The highest BCUT2D eigenvalue weighted by Gasteiger charge is 2.21. The molecule has 0 aliphatic rings. The number of rotatable bonds is 5. The number of aromatic nitrogens is 2. The predicted octanol–water partition coefficient (Wildman–Crippen LogP) is 0.793. The number of carbonyl (C=O) groups is 1. The molecule has 1 N–H and O–H groups in total. The number of halogens is 2. The normalized spacial score (nSPS) is 10.8. The molecule has 0 saturated heterocycles. The summed E-state index contributed by atoms with van der Waals surface area (Å²) in [6.45, 7) is 2.03. The highest BCUT2D eigenvalue weighted by molar-refractivity contribution is 5.95. The van der Waals surface area contributed by atoms with Crippen LogP contribution in [0.15, 0.2) is 6.07 Å². The molecule has 0 fully saturated rings. The van der Waals surface area contributed by atoms with Gasteiger partial charge in [0.2, 0.25) is 0 Å². The lowest BCUT2D eigenvalue weighted by Gasteiger charge is -2.21. The van der Waals surface area contributed by atoms with Crippen molar-refractivity contribution in [3.8, 4) is 0 Å². The molecule has 0 saturated carbocycles. The average Bonchev–Trinajstić information content (AvgIpc) is 2.30. The molecule has 0 aromatic carbocycles. The molecule has 0 radical (unpaired) electrons. The quantitative estimate of drug-likeness (QED) is 0.849. The van der Waals surface area contributed by atoms with Crippen LogP contribution in [0.1, 0.15) is 21.7 Å². The van der Waals surface area contributed by atoms with Crippen LogP contribution in [0.4, 0.5) is 8.78 Å². The zero-order valence-electron chi connectivity index (χ0n) is 10.2. The Balaban J connectivity index is 2.97. The molecule has 0 atom stereocenters. The zero-order chi connectivity index (χ0) is 13.7. The number of alkyl halides is 2. The number of hydrogen-bond donors (Lipinski definition) is 1. The summed E-state index contributed by atoms with van der Waals surface area (Å²) in [5.74, 6) is -0.570. The maximum absolute atomic E-state index is 12.4.